The summed E-state index contributed by atoms with van der Waals surface area (Å²) in [5.41, 5.74) is -0.551. The van der Waals surface area contributed by atoms with E-state index in [1.807, 2.05) is 42.5 Å². The Hall–Kier alpha value is -3.23. The summed E-state index contributed by atoms with van der Waals surface area (Å²) in [5.74, 6) is -3.81. The number of aliphatic hydroxyl groups excluding tert-OH is 1. The highest BCUT2D eigenvalue weighted by Gasteiger charge is 2.74. The number of carboxylic acids is 1. The number of carbonyl (C=O) groups excluding carboxylic acids is 2. The van der Waals surface area contributed by atoms with Gasteiger partial charge >= 0.3 is 5.97 Å². The average molecular weight is 450 g/mol. The molecule has 2 N–H and O–H groups in total. The number of likely N-dealkylation sites (tertiary alicyclic amines) is 1. The molecule has 0 aliphatic carbocycles. The number of carbonyl (C=O) groups is 3. The largest absolute Gasteiger partial charge is 0.481 e. The maximum absolute atomic E-state index is 14.1. The molecule has 2 aromatic rings. The van der Waals surface area contributed by atoms with Crippen LogP contribution >= 0.6 is 0 Å². The number of hydrogen-bond donors (Lipinski definition) is 2. The predicted molar refractivity (Wildman–Crippen MR) is 121 cm³/mol. The summed E-state index contributed by atoms with van der Waals surface area (Å²) in [6.07, 6.45) is 1.93. The Morgan fingerprint density at radius 3 is 2.70 bits per heavy atom. The van der Waals surface area contributed by atoms with Crippen LogP contribution in [0.1, 0.15) is 12.8 Å². The average Bonchev–Trinajstić information content (AvgIpc) is 3.45. The summed E-state index contributed by atoms with van der Waals surface area (Å²) in [4.78, 5) is 42.3. The Balaban J connectivity index is 1.58. The molecule has 3 fully saturated rings. The monoisotopic (exact) mass is 450 g/mol. The van der Waals surface area contributed by atoms with Crippen molar-refractivity contribution in [2.45, 2.75) is 30.6 Å². The standard InChI is InChI=1S/C25H26N2O6/c1-2-11-26(17-8-7-15-5-3-4-6-16(15)14-17)23(30)21-25-10-9-18(33-25)19(24(31)32)20(25)22(29)27(21)12-13-28/h2-8,14,18-21,28H,1,9-13H2,(H,31,32)/t18-,19+,20-,21?,25?/m0/s1. The maximum atomic E-state index is 14.1. The molecule has 5 rings (SSSR count). The van der Waals surface area contributed by atoms with Crippen LogP contribution in [0.25, 0.3) is 10.8 Å². The Kier molecular flexibility index (Phi) is 5.22. The number of fused-ring (bicyclic) bond motifs is 2. The minimum Gasteiger partial charge on any atom is -0.481 e. The fourth-order valence-corrected chi connectivity index (χ4v) is 6.01. The van der Waals surface area contributed by atoms with E-state index >= 15 is 0 Å². The van der Waals surface area contributed by atoms with Crippen LogP contribution in [-0.4, -0.2) is 70.3 Å². The van der Waals surface area contributed by atoms with E-state index in [0.717, 1.165) is 10.8 Å². The Morgan fingerprint density at radius 2 is 2.00 bits per heavy atom. The first-order valence-electron chi connectivity index (χ1n) is 11.2. The van der Waals surface area contributed by atoms with Crippen LogP contribution in [0.15, 0.2) is 55.1 Å². The number of amides is 2. The number of β-amino-alcohol motifs (C(OH)–C–C–N with tert-alkyl or cyclic N) is 1. The van der Waals surface area contributed by atoms with Crippen molar-refractivity contribution in [3.05, 3.63) is 55.1 Å². The second-order valence-electron chi connectivity index (χ2n) is 8.92. The molecule has 8 heteroatoms. The molecule has 5 atom stereocenters. The molecule has 3 aliphatic heterocycles. The van der Waals surface area contributed by atoms with Gasteiger partial charge in [0, 0.05) is 18.8 Å². The van der Waals surface area contributed by atoms with Crippen molar-refractivity contribution in [1.82, 2.24) is 4.90 Å². The zero-order valence-electron chi connectivity index (χ0n) is 18.1. The van der Waals surface area contributed by atoms with Crippen LogP contribution in [0.2, 0.25) is 0 Å². The van der Waals surface area contributed by atoms with Gasteiger partial charge in [-0.15, -0.1) is 6.58 Å². The van der Waals surface area contributed by atoms with E-state index in [1.165, 1.54) is 4.90 Å². The number of carboxylic acid groups (broad SMARTS) is 1. The van der Waals surface area contributed by atoms with Crippen molar-refractivity contribution in [1.29, 1.82) is 0 Å². The Morgan fingerprint density at radius 1 is 1.24 bits per heavy atom. The first-order chi connectivity index (χ1) is 15.9. The summed E-state index contributed by atoms with van der Waals surface area (Å²) >= 11 is 0. The summed E-state index contributed by atoms with van der Waals surface area (Å²) in [5, 5.41) is 21.4. The number of rotatable bonds is 7. The molecular weight excluding hydrogens is 424 g/mol. The summed E-state index contributed by atoms with van der Waals surface area (Å²) in [6, 6.07) is 12.5. The first-order valence-corrected chi connectivity index (χ1v) is 11.2. The molecule has 3 aliphatic rings. The molecular formula is C25H26N2O6. The summed E-state index contributed by atoms with van der Waals surface area (Å²) in [7, 11) is 0. The Bertz CT molecular complexity index is 1150. The fraction of sp³-hybridized carbons (Fsp3) is 0.400. The van der Waals surface area contributed by atoms with E-state index in [2.05, 4.69) is 6.58 Å². The molecule has 3 saturated heterocycles. The molecule has 0 saturated carbocycles. The predicted octanol–water partition coefficient (Wildman–Crippen LogP) is 1.81. The quantitative estimate of drug-likeness (QED) is 0.623. The van der Waals surface area contributed by atoms with E-state index in [9.17, 15) is 24.6 Å². The summed E-state index contributed by atoms with van der Waals surface area (Å²) in [6.45, 7) is 3.60. The molecule has 172 valence electrons. The minimum absolute atomic E-state index is 0.0620. The molecule has 2 unspecified atom stereocenters. The van der Waals surface area contributed by atoms with E-state index in [4.69, 9.17) is 4.74 Å². The van der Waals surface area contributed by atoms with Gasteiger partial charge in [-0.25, -0.2) is 0 Å². The highest BCUT2D eigenvalue weighted by molar-refractivity contribution is 6.05. The Labute approximate surface area is 191 Å². The molecule has 2 amide bonds. The van der Waals surface area contributed by atoms with Crippen LogP contribution in [0.4, 0.5) is 5.69 Å². The molecule has 2 bridgehead atoms. The van der Waals surface area contributed by atoms with Crippen molar-refractivity contribution in [2.24, 2.45) is 11.8 Å². The number of ether oxygens (including phenoxy) is 1. The van der Waals surface area contributed by atoms with Crippen molar-refractivity contribution in [3.63, 3.8) is 0 Å². The molecule has 33 heavy (non-hydrogen) atoms. The minimum atomic E-state index is -1.20. The highest BCUT2D eigenvalue weighted by Crippen LogP contribution is 2.58. The van der Waals surface area contributed by atoms with E-state index in [-0.39, 0.29) is 25.6 Å². The van der Waals surface area contributed by atoms with Crippen molar-refractivity contribution in [3.8, 4) is 0 Å². The number of benzene rings is 2. The highest BCUT2D eigenvalue weighted by atomic mass is 16.5. The van der Waals surface area contributed by atoms with Crippen molar-refractivity contribution < 1.29 is 29.3 Å². The molecule has 0 radical (unpaired) electrons. The zero-order chi connectivity index (χ0) is 23.3. The maximum Gasteiger partial charge on any atom is 0.310 e. The lowest BCUT2D eigenvalue weighted by Gasteiger charge is -2.36. The first kappa shape index (κ1) is 21.6. The van der Waals surface area contributed by atoms with Gasteiger partial charge in [-0.1, -0.05) is 36.4 Å². The number of aliphatic carboxylic acids is 1. The van der Waals surface area contributed by atoms with Crippen LogP contribution in [0.3, 0.4) is 0 Å². The second kappa shape index (κ2) is 7.97. The van der Waals surface area contributed by atoms with Gasteiger partial charge in [0.2, 0.25) is 5.91 Å². The van der Waals surface area contributed by atoms with Gasteiger partial charge in [0.25, 0.3) is 5.91 Å². The van der Waals surface area contributed by atoms with Crippen molar-refractivity contribution >= 4 is 34.2 Å². The van der Waals surface area contributed by atoms with Gasteiger partial charge in [-0.2, -0.15) is 0 Å². The lowest BCUT2D eigenvalue weighted by Crippen LogP contribution is -2.56. The lowest BCUT2D eigenvalue weighted by molar-refractivity contribution is -0.149. The normalized spacial score (nSPS) is 30.0. The third-order valence-electron chi connectivity index (χ3n) is 7.28. The molecule has 8 nitrogen and oxygen atoms in total. The smallest absolute Gasteiger partial charge is 0.310 e. The number of nitrogens with zero attached hydrogens (tertiary/aromatic N) is 2. The second-order valence-corrected chi connectivity index (χ2v) is 8.92. The molecule has 2 aromatic carbocycles. The molecule has 0 aromatic heterocycles. The fourth-order valence-electron chi connectivity index (χ4n) is 6.01. The van der Waals surface area contributed by atoms with E-state index in [1.54, 1.807) is 11.0 Å². The number of anilines is 1. The van der Waals surface area contributed by atoms with Gasteiger partial charge in [0.1, 0.15) is 11.6 Å². The summed E-state index contributed by atoms with van der Waals surface area (Å²) < 4.78 is 6.17. The van der Waals surface area contributed by atoms with E-state index in [0.29, 0.717) is 18.5 Å². The van der Waals surface area contributed by atoms with Crippen LogP contribution in [0.5, 0.6) is 0 Å². The third-order valence-corrected chi connectivity index (χ3v) is 7.28. The molecule has 1 spiro atoms. The SMILES string of the molecule is C=CCN(C(=O)C1N(CCO)C(=O)[C@@H]2[C@H](C(=O)O)[C@@H]3CCC12O3)c1ccc2ccccc2c1. The van der Waals surface area contributed by atoms with Crippen LogP contribution in [0, 0.1) is 11.8 Å². The van der Waals surface area contributed by atoms with Crippen LogP contribution < -0.4 is 4.90 Å². The van der Waals surface area contributed by atoms with Gasteiger partial charge in [-0.05, 0) is 35.7 Å². The van der Waals surface area contributed by atoms with Crippen molar-refractivity contribution in [2.75, 3.05) is 24.6 Å². The number of aliphatic hydroxyl groups is 1. The van der Waals surface area contributed by atoms with Crippen LogP contribution in [-0.2, 0) is 19.1 Å². The van der Waals surface area contributed by atoms with Gasteiger partial charge in [-0.3, -0.25) is 14.4 Å². The molecule has 3 heterocycles. The van der Waals surface area contributed by atoms with Gasteiger partial charge in [0.15, 0.2) is 0 Å². The van der Waals surface area contributed by atoms with E-state index < -0.39 is 41.5 Å². The topological polar surface area (TPSA) is 107 Å². The zero-order valence-corrected chi connectivity index (χ0v) is 18.1. The number of hydrogen-bond acceptors (Lipinski definition) is 5. The van der Waals surface area contributed by atoms with Gasteiger partial charge < -0.3 is 24.7 Å². The lowest BCUT2D eigenvalue weighted by atomic mass is 9.70. The van der Waals surface area contributed by atoms with Gasteiger partial charge in [0.05, 0.1) is 24.5 Å². The third kappa shape index (κ3) is 3.08.